The Morgan fingerprint density at radius 3 is 2.80 bits per heavy atom. The Balaban J connectivity index is 0.000001000. The summed E-state index contributed by atoms with van der Waals surface area (Å²) in [5.41, 5.74) is 8.34. The van der Waals surface area contributed by atoms with Crippen LogP contribution in [0, 0.1) is 0 Å². The van der Waals surface area contributed by atoms with E-state index in [1.807, 2.05) is 12.1 Å². The molecule has 0 unspecified atom stereocenters. The molecule has 0 fully saturated rings. The van der Waals surface area contributed by atoms with Crippen molar-refractivity contribution < 1.29 is 0 Å². The molecule has 20 heavy (non-hydrogen) atoms. The molecule has 0 bridgehead atoms. The highest BCUT2D eigenvalue weighted by molar-refractivity contribution is 5.85. The van der Waals surface area contributed by atoms with Crippen LogP contribution in [0.15, 0.2) is 35.5 Å². The number of rotatable bonds is 2. The molecule has 8 heteroatoms. The molecule has 0 aliphatic carbocycles. The molecule has 3 aromatic heterocycles. The maximum absolute atomic E-state index is 11.6. The molecular formula is C12H13Cl2N5O. The van der Waals surface area contributed by atoms with Crippen LogP contribution in [0.25, 0.3) is 11.0 Å². The smallest absolute Gasteiger partial charge is 0.276 e. The van der Waals surface area contributed by atoms with E-state index in [-0.39, 0.29) is 36.3 Å². The highest BCUT2D eigenvalue weighted by Gasteiger charge is 2.09. The zero-order chi connectivity index (χ0) is 12.5. The normalized spacial score (nSPS) is 9.80. The van der Waals surface area contributed by atoms with Crippen LogP contribution in [-0.2, 0) is 6.42 Å². The van der Waals surface area contributed by atoms with Crippen LogP contribution in [0.4, 0.5) is 5.95 Å². The lowest BCUT2D eigenvalue weighted by atomic mass is 10.1. The topological polar surface area (TPSA) is 100 Å². The molecule has 0 aromatic carbocycles. The summed E-state index contributed by atoms with van der Waals surface area (Å²) in [6, 6.07) is 3.85. The van der Waals surface area contributed by atoms with E-state index >= 15 is 0 Å². The molecule has 3 heterocycles. The van der Waals surface area contributed by atoms with Gasteiger partial charge in [-0.05, 0) is 11.6 Å². The number of hydrogen-bond acceptors (Lipinski definition) is 4. The number of aromatic nitrogens is 4. The third-order valence-corrected chi connectivity index (χ3v) is 2.75. The van der Waals surface area contributed by atoms with Crippen molar-refractivity contribution in [2.45, 2.75) is 6.42 Å². The fourth-order valence-electron chi connectivity index (χ4n) is 1.94. The van der Waals surface area contributed by atoms with E-state index in [4.69, 9.17) is 5.73 Å². The predicted octanol–water partition coefficient (Wildman–Crippen LogP) is 1.66. The molecule has 0 aliphatic rings. The predicted molar refractivity (Wildman–Crippen MR) is 82.7 cm³/mol. The van der Waals surface area contributed by atoms with Crippen LogP contribution in [0.5, 0.6) is 0 Å². The van der Waals surface area contributed by atoms with Gasteiger partial charge in [0.05, 0.1) is 0 Å². The van der Waals surface area contributed by atoms with Crippen molar-refractivity contribution >= 4 is 41.8 Å². The van der Waals surface area contributed by atoms with Gasteiger partial charge in [0.1, 0.15) is 11.0 Å². The molecule has 3 rings (SSSR count). The number of halogens is 2. The molecule has 0 radical (unpaired) electrons. The van der Waals surface area contributed by atoms with Crippen molar-refractivity contribution in [1.82, 2.24) is 19.9 Å². The van der Waals surface area contributed by atoms with Crippen molar-refractivity contribution in [2.75, 3.05) is 5.73 Å². The Morgan fingerprint density at radius 2 is 2.10 bits per heavy atom. The minimum atomic E-state index is -0.255. The number of fused-ring (bicyclic) bond motifs is 1. The van der Waals surface area contributed by atoms with Crippen LogP contribution in [0.3, 0.4) is 0 Å². The summed E-state index contributed by atoms with van der Waals surface area (Å²) in [5.74, 6) is 0.125. The molecule has 0 amide bonds. The van der Waals surface area contributed by atoms with Gasteiger partial charge in [-0.1, -0.05) is 6.07 Å². The number of hydrogen-bond donors (Lipinski definition) is 3. The monoisotopic (exact) mass is 313 g/mol. The summed E-state index contributed by atoms with van der Waals surface area (Å²) in [6.07, 6.45) is 5.94. The van der Waals surface area contributed by atoms with Crippen molar-refractivity contribution in [3.8, 4) is 0 Å². The van der Waals surface area contributed by atoms with Gasteiger partial charge in [0.25, 0.3) is 5.56 Å². The number of H-pyrrole nitrogens is 2. The van der Waals surface area contributed by atoms with Crippen molar-refractivity contribution in [3.63, 3.8) is 0 Å². The molecule has 3 aromatic rings. The van der Waals surface area contributed by atoms with Gasteiger partial charge in [-0.15, -0.1) is 24.8 Å². The van der Waals surface area contributed by atoms with Crippen LogP contribution >= 0.6 is 24.8 Å². The van der Waals surface area contributed by atoms with Crippen molar-refractivity contribution in [3.05, 3.63) is 52.2 Å². The number of nitrogens with two attached hydrogens (primary N) is 1. The Labute approximate surface area is 126 Å². The summed E-state index contributed by atoms with van der Waals surface area (Å²) in [6.45, 7) is 0. The van der Waals surface area contributed by atoms with Gasteiger partial charge in [0, 0.05) is 30.6 Å². The fraction of sp³-hybridized carbons (Fsp3) is 0.0833. The fourth-order valence-corrected chi connectivity index (χ4v) is 1.94. The Bertz CT molecular complexity index is 753. The third kappa shape index (κ3) is 2.92. The lowest BCUT2D eigenvalue weighted by Gasteiger charge is -1.99. The molecule has 106 valence electrons. The maximum atomic E-state index is 11.6. The lowest BCUT2D eigenvalue weighted by Crippen LogP contribution is -2.11. The SMILES string of the molecule is Cl.Cl.Nc1nc2c(Cc3cccnc3)c[nH]c2c(=O)[nH]1. The van der Waals surface area contributed by atoms with E-state index in [1.165, 1.54) is 0 Å². The quantitative estimate of drug-likeness (QED) is 0.669. The van der Waals surface area contributed by atoms with Crippen LogP contribution in [0.1, 0.15) is 11.1 Å². The van der Waals surface area contributed by atoms with E-state index in [1.54, 1.807) is 18.6 Å². The molecule has 0 aliphatic heterocycles. The second-order valence-corrected chi connectivity index (χ2v) is 4.03. The van der Waals surface area contributed by atoms with Crippen LogP contribution < -0.4 is 11.3 Å². The van der Waals surface area contributed by atoms with Gasteiger partial charge in [-0.25, -0.2) is 4.98 Å². The zero-order valence-electron chi connectivity index (χ0n) is 10.3. The lowest BCUT2D eigenvalue weighted by molar-refractivity contribution is 1.14. The van der Waals surface area contributed by atoms with E-state index in [0.717, 1.165) is 11.1 Å². The number of nitrogens with zero attached hydrogens (tertiary/aromatic N) is 2. The van der Waals surface area contributed by atoms with Crippen LogP contribution in [0.2, 0.25) is 0 Å². The molecule has 0 saturated carbocycles. The summed E-state index contributed by atoms with van der Waals surface area (Å²) in [7, 11) is 0. The van der Waals surface area contributed by atoms with Gasteiger partial charge in [-0.3, -0.25) is 14.8 Å². The molecular weight excluding hydrogens is 301 g/mol. The molecule has 0 saturated heterocycles. The van der Waals surface area contributed by atoms with E-state index in [0.29, 0.717) is 17.5 Å². The number of nitrogens with one attached hydrogen (secondary N) is 2. The van der Waals surface area contributed by atoms with Gasteiger partial charge in [0.15, 0.2) is 0 Å². The highest BCUT2D eigenvalue weighted by atomic mass is 35.5. The zero-order valence-corrected chi connectivity index (χ0v) is 11.9. The summed E-state index contributed by atoms with van der Waals surface area (Å²) in [4.78, 5) is 25.2. The number of aromatic amines is 2. The minimum Gasteiger partial charge on any atom is -0.369 e. The third-order valence-electron chi connectivity index (χ3n) is 2.75. The van der Waals surface area contributed by atoms with Crippen LogP contribution in [-0.4, -0.2) is 19.9 Å². The average Bonchev–Trinajstić information content (AvgIpc) is 2.74. The molecule has 0 spiro atoms. The summed E-state index contributed by atoms with van der Waals surface area (Å²) in [5, 5.41) is 0. The van der Waals surface area contributed by atoms with E-state index < -0.39 is 0 Å². The van der Waals surface area contributed by atoms with Crippen molar-refractivity contribution in [2.24, 2.45) is 0 Å². The van der Waals surface area contributed by atoms with Gasteiger partial charge < -0.3 is 10.7 Å². The Kier molecular flexibility index (Phi) is 5.12. The highest BCUT2D eigenvalue weighted by Crippen LogP contribution is 2.16. The van der Waals surface area contributed by atoms with Gasteiger partial charge in [-0.2, -0.15) is 0 Å². The summed E-state index contributed by atoms with van der Waals surface area (Å²) >= 11 is 0. The van der Waals surface area contributed by atoms with Gasteiger partial charge >= 0.3 is 0 Å². The van der Waals surface area contributed by atoms with Gasteiger partial charge in [0.2, 0.25) is 5.95 Å². The maximum Gasteiger partial charge on any atom is 0.276 e. The number of nitrogen functional groups attached to an aromatic ring is 1. The number of pyridine rings is 1. The van der Waals surface area contributed by atoms with E-state index in [9.17, 15) is 4.79 Å². The first-order chi connectivity index (χ1) is 8.74. The Morgan fingerprint density at radius 1 is 1.30 bits per heavy atom. The second-order valence-electron chi connectivity index (χ2n) is 4.03. The minimum absolute atomic E-state index is 0. The largest absolute Gasteiger partial charge is 0.369 e. The second kappa shape index (κ2) is 6.40. The first-order valence-electron chi connectivity index (χ1n) is 5.48. The molecule has 0 atom stereocenters. The summed E-state index contributed by atoms with van der Waals surface area (Å²) < 4.78 is 0. The van der Waals surface area contributed by atoms with Crippen molar-refractivity contribution in [1.29, 1.82) is 0 Å². The number of anilines is 1. The first-order valence-corrected chi connectivity index (χ1v) is 5.48. The standard InChI is InChI=1S/C12H11N5O.2ClH/c13-12-16-9-8(4-7-2-1-3-14-5-7)6-15-10(9)11(18)17-12;;/h1-3,5-6,15H,4H2,(H3,13,16,17,18);2*1H. The van der Waals surface area contributed by atoms with E-state index in [2.05, 4.69) is 19.9 Å². The molecule has 6 nitrogen and oxygen atoms in total. The molecule has 4 N–H and O–H groups in total. The average molecular weight is 314 g/mol. The first kappa shape index (κ1) is 16.0. The Hall–Kier alpha value is -2.05.